The molecule has 100 valence electrons. The van der Waals surface area contributed by atoms with E-state index in [4.69, 9.17) is 0 Å². The Hall–Kier alpha value is -2.26. The Morgan fingerprint density at radius 1 is 0.850 bits per heavy atom. The monoisotopic (exact) mass is 266 g/mol. The highest BCUT2D eigenvalue weighted by Gasteiger charge is 1.98. The van der Waals surface area contributed by atoms with Crippen molar-refractivity contribution >= 4 is 10.9 Å². The zero-order valence-corrected chi connectivity index (χ0v) is 11.0. The van der Waals surface area contributed by atoms with Gasteiger partial charge in [-0.05, 0) is 29.8 Å². The van der Waals surface area contributed by atoms with Gasteiger partial charge in [0.2, 0.25) is 0 Å². The van der Waals surface area contributed by atoms with Crippen LogP contribution in [-0.2, 0) is 13.1 Å². The van der Waals surface area contributed by atoms with Crippen molar-refractivity contribution in [2.45, 2.75) is 13.1 Å². The number of aromatic nitrogens is 1. The summed E-state index contributed by atoms with van der Waals surface area (Å²) in [5.74, 6) is -0.204. The molecule has 0 aliphatic rings. The van der Waals surface area contributed by atoms with Crippen molar-refractivity contribution in [3.05, 3.63) is 77.7 Å². The summed E-state index contributed by atoms with van der Waals surface area (Å²) in [5.41, 5.74) is 3.08. The molecule has 0 aliphatic heterocycles. The van der Waals surface area contributed by atoms with Crippen molar-refractivity contribution in [2.24, 2.45) is 0 Å². The maximum atomic E-state index is 12.8. The van der Waals surface area contributed by atoms with E-state index in [2.05, 4.69) is 22.4 Å². The highest BCUT2D eigenvalue weighted by Crippen LogP contribution is 2.11. The van der Waals surface area contributed by atoms with E-state index in [1.54, 1.807) is 12.1 Å². The quantitative estimate of drug-likeness (QED) is 0.779. The van der Waals surface area contributed by atoms with Crippen molar-refractivity contribution in [1.82, 2.24) is 10.3 Å². The number of benzene rings is 2. The summed E-state index contributed by atoms with van der Waals surface area (Å²) in [6.07, 6.45) is 0. The van der Waals surface area contributed by atoms with Crippen molar-refractivity contribution in [3.63, 3.8) is 0 Å². The third kappa shape index (κ3) is 3.00. The Balaban J connectivity index is 1.63. The van der Waals surface area contributed by atoms with Crippen LogP contribution < -0.4 is 5.32 Å². The molecule has 0 amide bonds. The average Bonchev–Trinajstić information content (AvgIpc) is 2.49. The molecule has 2 nitrogen and oxygen atoms in total. The molecule has 0 bridgehead atoms. The molecule has 20 heavy (non-hydrogen) atoms. The second-order valence-corrected chi connectivity index (χ2v) is 4.73. The molecule has 3 rings (SSSR count). The third-order valence-electron chi connectivity index (χ3n) is 3.20. The van der Waals surface area contributed by atoms with Crippen molar-refractivity contribution in [1.29, 1.82) is 0 Å². The minimum atomic E-state index is -0.204. The molecule has 0 spiro atoms. The molecule has 1 heterocycles. The van der Waals surface area contributed by atoms with Crippen molar-refractivity contribution < 1.29 is 4.39 Å². The van der Waals surface area contributed by atoms with Gasteiger partial charge in [0.25, 0.3) is 0 Å². The first-order chi connectivity index (χ1) is 9.81. The van der Waals surface area contributed by atoms with Crippen LogP contribution in [0.2, 0.25) is 0 Å². The first-order valence-corrected chi connectivity index (χ1v) is 6.61. The summed E-state index contributed by atoms with van der Waals surface area (Å²) in [6, 6.07) is 18.7. The van der Waals surface area contributed by atoms with Crippen LogP contribution in [0.15, 0.2) is 60.7 Å². The topological polar surface area (TPSA) is 24.9 Å². The van der Waals surface area contributed by atoms with Gasteiger partial charge < -0.3 is 5.32 Å². The molecule has 1 aromatic heterocycles. The van der Waals surface area contributed by atoms with E-state index in [1.807, 2.05) is 24.3 Å². The smallest absolute Gasteiger partial charge is 0.123 e. The van der Waals surface area contributed by atoms with Crippen LogP contribution in [0.3, 0.4) is 0 Å². The van der Waals surface area contributed by atoms with Crippen molar-refractivity contribution in [2.75, 3.05) is 0 Å². The normalized spacial score (nSPS) is 10.8. The van der Waals surface area contributed by atoms with E-state index in [-0.39, 0.29) is 5.82 Å². The minimum Gasteiger partial charge on any atom is -0.307 e. The zero-order chi connectivity index (χ0) is 13.8. The van der Waals surface area contributed by atoms with Crippen molar-refractivity contribution in [3.8, 4) is 0 Å². The Morgan fingerprint density at radius 3 is 2.50 bits per heavy atom. The number of para-hydroxylation sites is 1. The number of halogens is 1. The molecule has 1 N–H and O–H groups in total. The number of nitrogens with one attached hydrogen (secondary N) is 1. The first kappa shape index (κ1) is 12.8. The Morgan fingerprint density at radius 2 is 1.65 bits per heavy atom. The summed E-state index contributed by atoms with van der Waals surface area (Å²) in [5, 5.41) is 4.47. The van der Waals surface area contributed by atoms with Gasteiger partial charge in [-0.2, -0.15) is 0 Å². The molecular weight excluding hydrogens is 251 g/mol. The average molecular weight is 266 g/mol. The largest absolute Gasteiger partial charge is 0.307 e. The Bertz CT molecular complexity index is 708. The summed E-state index contributed by atoms with van der Waals surface area (Å²) in [6.45, 7) is 1.40. The standard InChI is InChI=1S/C17H15FN2/c18-15-8-5-13(6-9-15)11-19-12-16-10-7-14-3-1-2-4-17(14)20-16/h1-10,19H,11-12H2. The summed E-state index contributed by atoms with van der Waals surface area (Å²) < 4.78 is 12.8. The molecule has 0 saturated carbocycles. The van der Waals surface area contributed by atoms with E-state index in [0.29, 0.717) is 13.1 Å². The minimum absolute atomic E-state index is 0.204. The fourth-order valence-electron chi connectivity index (χ4n) is 2.14. The maximum absolute atomic E-state index is 12.8. The number of hydrogen-bond acceptors (Lipinski definition) is 2. The lowest BCUT2D eigenvalue weighted by atomic mass is 10.2. The molecule has 0 aliphatic carbocycles. The number of pyridine rings is 1. The Kier molecular flexibility index (Phi) is 3.70. The van der Waals surface area contributed by atoms with Gasteiger partial charge in [0.15, 0.2) is 0 Å². The second kappa shape index (κ2) is 5.80. The lowest BCUT2D eigenvalue weighted by Crippen LogP contribution is -2.13. The van der Waals surface area contributed by atoms with E-state index < -0.39 is 0 Å². The fourth-order valence-corrected chi connectivity index (χ4v) is 2.14. The fraction of sp³-hybridized carbons (Fsp3) is 0.118. The van der Waals surface area contributed by atoms with E-state index in [1.165, 1.54) is 12.1 Å². The van der Waals surface area contributed by atoms with Crippen LogP contribution >= 0.6 is 0 Å². The molecule has 0 radical (unpaired) electrons. The van der Waals surface area contributed by atoms with Crippen LogP contribution in [0, 0.1) is 5.82 Å². The van der Waals surface area contributed by atoms with Gasteiger partial charge in [-0.1, -0.05) is 36.4 Å². The predicted octanol–water partition coefficient (Wildman–Crippen LogP) is 3.66. The zero-order valence-electron chi connectivity index (χ0n) is 11.0. The Labute approximate surface area is 117 Å². The van der Waals surface area contributed by atoms with Gasteiger partial charge in [0.1, 0.15) is 5.82 Å². The number of rotatable bonds is 4. The van der Waals surface area contributed by atoms with Gasteiger partial charge >= 0.3 is 0 Å². The summed E-state index contributed by atoms with van der Waals surface area (Å²) in [4.78, 5) is 4.60. The van der Waals surface area contributed by atoms with Crippen LogP contribution in [0.5, 0.6) is 0 Å². The summed E-state index contributed by atoms with van der Waals surface area (Å²) in [7, 11) is 0. The van der Waals surface area contributed by atoms with E-state index >= 15 is 0 Å². The van der Waals surface area contributed by atoms with Gasteiger partial charge in [0, 0.05) is 18.5 Å². The van der Waals surface area contributed by atoms with Crippen LogP contribution in [-0.4, -0.2) is 4.98 Å². The number of nitrogens with zero attached hydrogens (tertiary/aromatic N) is 1. The summed E-state index contributed by atoms with van der Waals surface area (Å²) >= 11 is 0. The van der Waals surface area contributed by atoms with Crippen LogP contribution in [0.4, 0.5) is 4.39 Å². The second-order valence-electron chi connectivity index (χ2n) is 4.73. The molecule has 2 aromatic carbocycles. The molecular formula is C17H15FN2. The molecule has 0 fully saturated rings. The number of hydrogen-bond donors (Lipinski definition) is 1. The first-order valence-electron chi connectivity index (χ1n) is 6.61. The third-order valence-corrected chi connectivity index (χ3v) is 3.20. The lowest BCUT2D eigenvalue weighted by molar-refractivity contribution is 0.624. The van der Waals surface area contributed by atoms with E-state index in [0.717, 1.165) is 22.2 Å². The van der Waals surface area contributed by atoms with Gasteiger partial charge in [-0.15, -0.1) is 0 Å². The van der Waals surface area contributed by atoms with Crippen LogP contribution in [0.25, 0.3) is 10.9 Å². The molecule has 0 saturated heterocycles. The van der Waals surface area contributed by atoms with Gasteiger partial charge in [0.05, 0.1) is 11.2 Å². The highest BCUT2D eigenvalue weighted by atomic mass is 19.1. The predicted molar refractivity (Wildman–Crippen MR) is 78.7 cm³/mol. The van der Waals surface area contributed by atoms with Crippen LogP contribution in [0.1, 0.15) is 11.3 Å². The molecule has 0 unspecified atom stereocenters. The molecule has 0 atom stereocenters. The highest BCUT2D eigenvalue weighted by molar-refractivity contribution is 5.78. The van der Waals surface area contributed by atoms with E-state index in [9.17, 15) is 4.39 Å². The molecule has 3 heteroatoms. The lowest BCUT2D eigenvalue weighted by Gasteiger charge is -2.06. The molecule has 3 aromatic rings. The maximum Gasteiger partial charge on any atom is 0.123 e. The van der Waals surface area contributed by atoms with Gasteiger partial charge in [-0.3, -0.25) is 4.98 Å². The van der Waals surface area contributed by atoms with Gasteiger partial charge in [-0.25, -0.2) is 4.39 Å². The number of fused-ring (bicyclic) bond motifs is 1. The SMILES string of the molecule is Fc1ccc(CNCc2ccc3ccccc3n2)cc1.